The zero-order valence-corrected chi connectivity index (χ0v) is 12.1. The SMILES string of the molecule is C=COCCOCCOCC(O)CSCCCC. The molecule has 0 aliphatic carbocycles. The van der Waals surface area contributed by atoms with E-state index in [1.54, 1.807) is 11.8 Å². The van der Waals surface area contributed by atoms with Crippen LogP contribution < -0.4 is 0 Å². The molecule has 4 nitrogen and oxygen atoms in total. The lowest BCUT2D eigenvalue weighted by atomic mass is 10.4. The van der Waals surface area contributed by atoms with E-state index in [1.165, 1.54) is 19.1 Å². The number of aliphatic hydroxyl groups excluding tert-OH is 1. The average molecular weight is 278 g/mol. The number of thioether (sulfide) groups is 1. The van der Waals surface area contributed by atoms with Gasteiger partial charge in [0.1, 0.15) is 6.61 Å². The van der Waals surface area contributed by atoms with Crippen molar-refractivity contribution in [1.29, 1.82) is 0 Å². The molecule has 108 valence electrons. The van der Waals surface area contributed by atoms with Crippen molar-refractivity contribution in [2.24, 2.45) is 0 Å². The van der Waals surface area contributed by atoms with Gasteiger partial charge in [-0.25, -0.2) is 0 Å². The molecule has 0 aliphatic heterocycles. The third kappa shape index (κ3) is 13.8. The van der Waals surface area contributed by atoms with E-state index in [9.17, 15) is 5.11 Å². The molecule has 18 heavy (non-hydrogen) atoms. The molecule has 1 atom stereocenters. The number of hydrogen-bond acceptors (Lipinski definition) is 5. The summed E-state index contributed by atoms with van der Waals surface area (Å²) in [4.78, 5) is 0. The quantitative estimate of drug-likeness (QED) is 0.389. The molecule has 0 aromatic heterocycles. The summed E-state index contributed by atoms with van der Waals surface area (Å²) >= 11 is 1.78. The van der Waals surface area contributed by atoms with Gasteiger partial charge in [0, 0.05) is 5.75 Å². The first-order valence-corrected chi connectivity index (χ1v) is 7.60. The Morgan fingerprint density at radius 3 is 2.67 bits per heavy atom. The average Bonchev–Trinajstić information content (AvgIpc) is 2.38. The first-order chi connectivity index (χ1) is 8.81. The van der Waals surface area contributed by atoms with Gasteiger partial charge >= 0.3 is 0 Å². The molecule has 0 rings (SSSR count). The van der Waals surface area contributed by atoms with Crippen LogP contribution >= 0.6 is 11.8 Å². The van der Waals surface area contributed by atoms with E-state index in [4.69, 9.17) is 14.2 Å². The van der Waals surface area contributed by atoms with Crippen LogP contribution in [0.15, 0.2) is 12.8 Å². The first-order valence-electron chi connectivity index (χ1n) is 6.45. The topological polar surface area (TPSA) is 47.9 Å². The van der Waals surface area contributed by atoms with Crippen LogP contribution in [0.25, 0.3) is 0 Å². The monoisotopic (exact) mass is 278 g/mol. The lowest BCUT2D eigenvalue weighted by molar-refractivity contribution is 0.00296. The smallest absolute Gasteiger partial charge is 0.111 e. The van der Waals surface area contributed by atoms with Gasteiger partial charge in [-0.15, -0.1) is 0 Å². The number of unbranched alkanes of at least 4 members (excludes halogenated alkanes) is 1. The van der Waals surface area contributed by atoms with Crippen molar-refractivity contribution in [3.63, 3.8) is 0 Å². The second-order valence-corrected chi connectivity index (χ2v) is 4.96. The molecule has 1 unspecified atom stereocenters. The van der Waals surface area contributed by atoms with Crippen molar-refractivity contribution in [2.75, 3.05) is 44.5 Å². The van der Waals surface area contributed by atoms with Gasteiger partial charge in [-0.3, -0.25) is 0 Å². The fourth-order valence-corrected chi connectivity index (χ4v) is 2.17. The van der Waals surface area contributed by atoms with E-state index < -0.39 is 0 Å². The molecular weight excluding hydrogens is 252 g/mol. The van der Waals surface area contributed by atoms with Gasteiger partial charge in [-0.1, -0.05) is 19.9 Å². The number of aliphatic hydroxyl groups is 1. The summed E-state index contributed by atoms with van der Waals surface area (Å²) in [6.07, 6.45) is 3.42. The summed E-state index contributed by atoms with van der Waals surface area (Å²) in [6, 6.07) is 0. The number of rotatable bonds is 14. The van der Waals surface area contributed by atoms with Crippen LogP contribution in [0.5, 0.6) is 0 Å². The van der Waals surface area contributed by atoms with E-state index in [-0.39, 0.29) is 6.10 Å². The van der Waals surface area contributed by atoms with E-state index in [0.717, 1.165) is 11.5 Å². The Balaban J connectivity index is 3.10. The van der Waals surface area contributed by atoms with E-state index >= 15 is 0 Å². The molecule has 0 saturated heterocycles. The molecule has 0 aromatic rings. The van der Waals surface area contributed by atoms with Crippen LogP contribution in [0.2, 0.25) is 0 Å². The normalized spacial score (nSPS) is 12.3. The van der Waals surface area contributed by atoms with Gasteiger partial charge in [0.05, 0.1) is 38.8 Å². The van der Waals surface area contributed by atoms with Gasteiger partial charge in [0.15, 0.2) is 0 Å². The van der Waals surface area contributed by atoms with Crippen LogP contribution in [-0.4, -0.2) is 55.8 Å². The highest BCUT2D eigenvalue weighted by atomic mass is 32.2. The summed E-state index contributed by atoms with van der Waals surface area (Å²) in [7, 11) is 0. The van der Waals surface area contributed by atoms with Crippen molar-refractivity contribution in [2.45, 2.75) is 25.9 Å². The lowest BCUT2D eigenvalue weighted by Crippen LogP contribution is -2.20. The lowest BCUT2D eigenvalue weighted by Gasteiger charge is -2.11. The van der Waals surface area contributed by atoms with Gasteiger partial charge in [0.25, 0.3) is 0 Å². The molecule has 0 aromatic carbocycles. The third-order valence-electron chi connectivity index (χ3n) is 2.10. The summed E-state index contributed by atoms with van der Waals surface area (Å²) < 4.78 is 15.5. The predicted octanol–water partition coefficient (Wildman–Crippen LogP) is 2.07. The molecule has 0 radical (unpaired) electrons. The first kappa shape index (κ1) is 17.8. The maximum atomic E-state index is 9.60. The fourth-order valence-electron chi connectivity index (χ4n) is 1.14. The zero-order chi connectivity index (χ0) is 13.5. The summed E-state index contributed by atoms with van der Waals surface area (Å²) in [5, 5.41) is 9.60. The van der Waals surface area contributed by atoms with Crippen molar-refractivity contribution in [3.05, 3.63) is 12.8 Å². The second-order valence-electron chi connectivity index (χ2n) is 3.81. The standard InChI is InChI=1S/C13H26O4S/c1-3-5-10-18-12-13(14)11-17-9-8-16-7-6-15-4-2/h4,13-14H,2-3,5-12H2,1H3. The minimum absolute atomic E-state index is 0.379. The largest absolute Gasteiger partial charge is 0.499 e. The predicted molar refractivity (Wildman–Crippen MR) is 76.0 cm³/mol. The molecular formula is C13H26O4S. The summed E-state index contributed by atoms with van der Waals surface area (Å²) in [6.45, 7) is 8.05. The van der Waals surface area contributed by atoms with Crippen LogP contribution in [0, 0.1) is 0 Å². The Bertz CT molecular complexity index is 178. The number of ether oxygens (including phenoxy) is 3. The summed E-state index contributed by atoms with van der Waals surface area (Å²) in [5.74, 6) is 1.86. The molecule has 0 spiro atoms. The van der Waals surface area contributed by atoms with Gasteiger partial charge in [-0.2, -0.15) is 11.8 Å². The van der Waals surface area contributed by atoms with Crippen LogP contribution in [-0.2, 0) is 14.2 Å². The second kappa shape index (κ2) is 14.8. The molecule has 0 fully saturated rings. The Labute approximate surface area is 115 Å². The van der Waals surface area contributed by atoms with Crippen molar-refractivity contribution in [1.82, 2.24) is 0 Å². The van der Waals surface area contributed by atoms with Gasteiger partial charge < -0.3 is 19.3 Å². The Morgan fingerprint density at radius 2 is 1.94 bits per heavy atom. The minimum atomic E-state index is -0.379. The molecule has 0 aliphatic rings. The van der Waals surface area contributed by atoms with Crippen molar-refractivity contribution in [3.8, 4) is 0 Å². The van der Waals surface area contributed by atoms with E-state index in [1.807, 2.05) is 0 Å². The van der Waals surface area contributed by atoms with Crippen molar-refractivity contribution < 1.29 is 19.3 Å². The van der Waals surface area contributed by atoms with Gasteiger partial charge in [0.2, 0.25) is 0 Å². The summed E-state index contributed by atoms with van der Waals surface area (Å²) in [5.41, 5.74) is 0. The van der Waals surface area contributed by atoms with E-state index in [2.05, 4.69) is 13.5 Å². The van der Waals surface area contributed by atoms with Crippen LogP contribution in [0.1, 0.15) is 19.8 Å². The minimum Gasteiger partial charge on any atom is -0.499 e. The highest BCUT2D eigenvalue weighted by Gasteiger charge is 2.03. The highest BCUT2D eigenvalue weighted by molar-refractivity contribution is 7.99. The molecule has 5 heteroatoms. The number of hydrogen-bond donors (Lipinski definition) is 1. The maximum absolute atomic E-state index is 9.60. The van der Waals surface area contributed by atoms with Crippen molar-refractivity contribution >= 4 is 11.8 Å². The maximum Gasteiger partial charge on any atom is 0.111 e. The van der Waals surface area contributed by atoms with Crippen LogP contribution in [0.3, 0.4) is 0 Å². The molecule has 0 saturated carbocycles. The molecule has 1 N–H and O–H groups in total. The molecule has 0 bridgehead atoms. The van der Waals surface area contributed by atoms with Crippen LogP contribution in [0.4, 0.5) is 0 Å². The fraction of sp³-hybridized carbons (Fsp3) is 0.846. The third-order valence-corrected chi connectivity index (χ3v) is 3.30. The Hall–Kier alpha value is -0.230. The Kier molecular flexibility index (Phi) is 14.6. The molecule has 0 heterocycles. The van der Waals surface area contributed by atoms with E-state index in [0.29, 0.717) is 33.0 Å². The van der Waals surface area contributed by atoms with Gasteiger partial charge in [-0.05, 0) is 12.2 Å². The highest BCUT2D eigenvalue weighted by Crippen LogP contribution is 2.06. The molecule has 0 amide bonds. The zero-order valence-electron chi connectivity index (χ0n) is 11.3. The Morgan fingerprint density at radius 1 is 1.22 bits per heavy atom.